The molecule has 5 nitrogen and oxygen atoms in total. The molecular weight excluding hydrogens is 300 g/mol. The molecule has 0 unspecified atom stereocenters. The number of aliphatic hydroxyl groups excluding tert-OH is 1. The van der Waals surface area contributed by atoms with Gasteiger partial charge < -0.3 is 10.1 Å². The molecule has 2 aromatic heterocycles. The quantitative estimate of drug-likeness (QED) is 0.652. The van der Waals surface area contributed by atoms with Crippen LogP contribution in [0.2, 0.25) is 0 Å². The number of hydrogen-bond acceptors (Lipinski definition) is 3. The largest absolute Gasteiger partial charge is 0.390 e. The van der Waals surface area contributed by atoms with E-state index in [1.807, 2.05) is 6.07 Å². The number of aliphatic hydroxyl groups is 1. The van der Waals surface area contributed by atoms with Crippen LogP contribution in [-0.2, 0) is 19.4 Å². The average molecular weight is 320 g/mol. The van der Waals surface area contributed by atoms with Crippen molar-refractivity contribution in [2.75, 3.05) is 0 Å². The fourth-order valence-corrected chi connectivity index (χ4v) is 3.26. The van der Waals surface area contributed by atoms with Crippen LogP contribution >= 0.6 is 0 Å². The summed E-state index contributed by atoms with van der Waals surface area (Å²) in [6.45, 7) is 0.0496. The lowest BCUT2D eigenvalue weighted by molar-refractivity contribution is 0.278. The zero-order chi connectivity index (χ0) is 16.4. The third-order valence-corrected chi connectivity index (χ3v) is 4.52. The molecule has 5 heteroatoms. The van der Waals surface area contributed by atoms with Gasteiger partial charge in [-0.15, -0.1) is 0 Å². The molecule has 0 saturated carbocycles. The molecule has 1 aliphatic carbocycles. The normalized spacial score (nSPS) is 14.2. The van der Waals surface area contributed by atoms with Crippen molar-refractivity contribution >= 4 is 10.9 Å². The van der Waals surface area contributed by atoms with Gasteiger partial charge in [0.25, 0.3) is 0 Å². The molecule has 0 amide bonds. The fraction of sp³-hybridized carbons (Fsp3) is 0.263. The van der Waals surface area contributed by atoms with Crippen molar-refractivity contribution in [3.63, 3.8) is 0 Å². The van der Waals surface area contributed by atoms with Gasteiger partial charge in [-0.2, -0.15) is 15.4 Å². The maximum atomic E-state index is 9.23. The molecule has 122 valence electrons. The van der Waals surface area contributed by atoms with E-state index in [0.717, 1.165) is 48.0 Å². The van der Waals surface area contributed by atoms with Crippen LogP contribution in [0.25, 0.3) is 10.9 Å². The Labute approximate surface area is 140 Å². The van der Waals surface area contributed by atoms with Crippen molar-refractivity contribution in [3.05, 3.63) is 70.7 Å². The molecule has 3 aromatic rings. The number of benzene rings is 1. The van der Waals surface area contributed by atoms with Gasteiger partial charge in [0.05, 0.1) is 18.5 Å². The average Bonchev–Trinajstić information content (AvgIpc) is 3.33. The fourth-order valence-electron chi connectivity index (χ4n) is 3.26. The monoisotopic (exact) mass is 320 g/mol. The second-order valence-electron chi connectivity index (χ2n) is 6.34. The number of aromatic amines is 2. The van der Waals surface area contributed by atoms with Gasteiger partial charge in [0.2, 0.25) is 0 Å². The summed E-state index contributed by atoms with van der Waals surface area (Å²) >= 11 is 0. The molecule has 2 heterocycles. The van der Waals surface area contributed by atoms with E-state index in [2.05, 4.69) is 50.7 Å². The van der Waals surface area contributed by atoms with E-state index in [-0.39, 0.29) is 6.61 Å². The number of rotatable bonds is 6. The highest BCUT2D eigenvalue weighted by Gasteiger charge is 2.11. The van der Waals surface area contributed by atoms with Gasteiger partial charge in [0, 0.05) is 11.2 Å². The zero-order valence-corrected chi connectivity index (χ0v) is 13.4. The van der Waals surface area contributed by atoms with E-state index in [4.69, 9.17) is 0 Å². The number of nitrogens with zero attached hydrogens (tertiary/aromatic N) is 2. The minimum Gasteiger partial charge on any atom is -0.390 e. The van der Waals surface area contributed by atoms with Gasteiger partial charge in [-0.25, -0.2) is 0 Å². The van der Waals surface area contributed by atoms with Gasteiger partial charge in [-0.05, 0) is 48.8 Å². The smallest absolute Gasteiger partial charge is 0.0831 e. The number of fused-ring (bicyclic) bond motifs is 1. The van der Waals surface area contributed by atoms with Crippen LogP contribution in [0.15, 0.2) is 53.8 Å². The summed E-state index contributed by atoms with van der Waals surface area (Å²) in [6.07, 6.45) is 10.2. The number of hydrogen-bond donors (Lipinski definition) is 3. The summed E-state index contributed by atoms with van der Waals surface area (Å²) in [6, 6.07) is 8.47. The number of aromatic nitrogens is 4. The lowest BCUT2D eigenvalue weighted by atomic mass is 10.00. The number of allylic oxidation sites excluding steroid dienone is 4. The molecular formula is C19H20N4O. The Hall–Kier alpha value is -2.66. The van der Waals surface area contributed by atoms with Gasteiger partial charge in [0.1, 0.15) is 0 Å². The molecule has 0 fully saturated rings. The first kappa shape index (κ1) is 14.9. The minimum atomic E-state index is 0.0496. The highest BCUT2D eigenvalue weighted by Crippen LogP contribution is 2.27. The van der Waals surface area contributed by atoms with Crippen LogP contribution in [0.3, 0.4) is 0 Å². The van der Waals surface area contributed by atoms with Crippen LogP contribution in [0.4, 0.5) is 0 Å². The Kier molecular flexibility index (Phi) is 4.01. The third kappa shape index (κ3) is 3.16. The Balaban J connectivity index is 1.36. The van der Waals surface area contributed by atoms with Crippen molar-refractivity contribution in [2.24, 2.45) is 0 Å². The van der Waals surface area contributed by atoms with Gasteiger partial charge in [-0.3, -0.25) is 0 Å². The zero-order valence-electron chi connectivity index (χ0n) is 13.4. The molecule has 0 aliphatic heterocycles. The molecule has 0 spiro atoms. The minimum absolute atomic E-state index is 0.0496. The maximum Gasteiger partial charge on any atom is 0.0831 e. The molecule has 0 saturated heterocycles. The van der Waals surface area contributed by atoms with Crippen LogP contribution in [0.5, 0.6) is 0 Å². The van der Waals surface area contributed by atoms with Crippen LogP contribution < -0.4 is 0 Å². The van der Waals surface area contributed by atoms with Gasteiger partial charge >= 0.3 is 0 Å². The summed E-state index contributed by atoms with van der Waals surface area (Å²) in [4.78, 5) is 3.26. The third-order valence-electron chi connectivity index (χ3n) is 4.52. The summed E-state index contributed by atoms with van der Waals surface area (Å²) in [5.41, 5.74) is 7.16. The molecule has 3 N–H and O–H groups in total. The van der Waals surface area contributed by atoms with E-state index in [1.54, 1.807) is 6.20 Å². The molecule has 0 bridgehead atoms. The molecule has 0 radical (unpaired) electrons. The highest BCUT2D eigenvalue weighted by molar-refractivity contribution is 5.81. The number of aryl methyl sites for hydroxylation is 1. The molecule has 24 heavy (non-hydrogen) atoms. The van der Waals surface area contributed by atoms with E-state index >= 15 is 0 Å². The Bertz CT molecular complexity index is 903. The second kappa shape index (κ2) is 6.45. The van der Waals surface area contributed by atoms with Gasteiger partial charge in [0.15, 0.2) is 0 Å². The molecule has 0 atom stereocenters. The summed E-state index contributed by atoms with van der Waals surface area (Å²) in [5.74, 6) is 0. The Morgan fingerprint density at radius 3 is 2.83 bits per heavy atom. The first-order chi connectivity index (χ1) is 11.8. The van der Waals surface area contributed by atoms with Crippen molar-refractivity contribution < 1.29 is 5.11 Å². The predicted octanol–water partition coefficient (Wildman–Crippen LogP) is 3.21. The van der Waals surface area contributed by atoms with Crippen molar-refractivity contribution in [3.8, 4) is 0 Å². The van der Waals surface area contributed by atoms with Crippen LogP contribution in [0.1, 0.15) is 29.8 Å². The Morgan fingerprint density at radius 2 is 2.00 bits per heavy atom. The lowest BCUT2D eigenvalue weighted by Crippen LogP contribution is -1.92. The number of nitrogens with one attached hydrogen (secondary N) is 2. The van der Waals surface area contributed by atoms with Gasteiger partial charge in [-0.1, -0.05) is 35.4 Å². The topological polar surface area (TPSA) is 77.6 Å². The molecule has 1 aliphatic rings. The van der Waals surface area contributed by atoms with Crippen molar-refractivity contribution in [2.45, 2.75) is 32.3 Å². The van der Waals surface area contributed by atoms with E-state index in [0.29, 0.717) is 0 Å². The maximum absolute atomic E-state index is 9.23. The SMILES string of the molecule is OCc1cc2ccc(CC3=CC=C(CCc4cn[nH]n4)C3)cc2[nH]1. The summed E-state index contributed by atoms with van der Waals surface area (Å²) in [5, 5.41) is 21.0. The summed E-state index contributed by atoms with van der Waals surface area (Å²) in [7, 11) is 0. The van der Waals surface area contributed by atoms with Crippen molar-refractivity contribution in [1.29, 1.82) is 0 Å². The first-order valence-corrected chi connectivity index (χ1v) is 8.23. The standard InChI is InChI=1S/C19H20N4O/c24-12-18-10-16-5-3-15(9-19(16)21-18)8-14-2-1-13(7-14)4-6-17-11-20-23-22-17/h1-3,5,9-11,21,24H,4,6-8,12H2,(H,20,22,23). The van der Waals surface area contributed by atoms with E-state index in [9.17, 15) is 5.11 Å². The predicted molar refractivity (Wildman–Crippen MR) is 93.4 cm³/mol. The lowest BCUT2D eigenvalue weighted by Gasteiger charge is -2.06. The molecule has 4 rings (SSSR count). The summed E-state index contributed by atoms with van der Waals surface area (Å²) < 4.78 is 0. The number of H-pyrrole nitrogens is 2. The molecule has 1 aromatic carbocycles. The highest BCUT2D eigenvalue weighted by atomic mass is 16.3. The van der Waals surface area contributed by atoms with E-state index < -0.39 is 0 Å². The van der Waals surface area contributed by atoms with Crippen LogP contribution in [-0.4, -0.2) is 25.5 Å². The first-order valence-electron chi connectivity index (χ1n) is 8.23. The Morgan fingerprint density at radius 1 is 1.08 bits per heavy atom. The van der Waals surface area contributed by atoms with E-state index in [1.165, 1.54) is 16.7 Å². The van der Waals surface area contributed by atoms with Crippen LogP contribution in [0, 0.1) is 0 Å². The van der Waals surface area contributed by atoms with Crippen molar-refractivity contribution in [1.82, 2.24) is 20.4 Å². The second-order valence-corrected chi connectivity index (χ2v) is 6.34.